The number of halogens is 1. The first-order chi connectivity index (χ1) is 13.0. The standard InChI is InChI=1S/C20H15ClN2O2S2/c21-16-7-5-14(6-8-16)19-9-10-20(26-19)27(24,25)23-13-15-11-12-22-18-4-2-1-3-17(15)18/h1-12,23H,13H2. The van der Waals surface area contributed by atoms with Gasteiger partial charge in [-0.15, -0.1) is 11.3 Å². The summed E-state index contributed by atoms with van der Waals surface area (Å²) in [6.45, 7) is 0.208. The average molecular weight is 415 g/mol. The Morgan fingerprint density at radius 2 is 1.74 bits per heavy atom. The summed E-state index contributed by atoms with van der Waals surface area (Å²) in [4.78, 5) is 5.18. The Hall–Kier alpha value is -2.25. The van der Waals surface area contributed by atoms with Crippen LogP contribution in [0.2, 0.25) is 5.02 Å². The van der Waals surface area contributed by atoms with Crippen molar-refractivity contribution in [1.82, 2.24) is 9.71 Å². The molecule has 0 saturated carbocycles. The normalized spacial score (nSPS) is 11.7. The molecule has 0 saturated heterocycles. The third-order valence-electron chi connectivity index (χ3n) is 4.17. The molecule has 0 spiro atoms. The first-order valence-electron chi connectivity index (χ1n) is 8.21. The van der Waals surface area contributed by atoms with Crippen molar-refractivity contribution in [3.63, 3.8) is 0 Å². The van der Waals surface area contributed by atoms with Gasteiger partial charge in [0, 0.05) is 28.0 Å². The molecule has 2 heterocycles. The van der Waals surface area contributed by atoms with Gasteiger partial charge in [0.1, 0.15) is 4.21 Å². The zero-order valence-electron chi connectivity index (χ0n) is 14.1. The zero-order chi connectivity index (χ0) is 18.9. The van der Waals surface area contributed by atoms with Gasteiger partial charge in [-0.1, -0.05) is 41.9 Å². The van der Waals surface area contributed by atoms with E-state index in [1.54, 1.807) is 24.4 Å². The SMILES string of the molecule is O=S(=O)(NCc1ccnc2ccccc12)c1ccc(-c2ccc(Cl)cc2)s1. The van der Waals surface area contributed by atoms with Crippen LogP contribution in [0.25, 0.3) is 21.3 Å². The summed E-state index contributed by atoms with van der Waals surface area (Å²) < 4.78 is 28.4. The lowest BCUT2D eigenvalue weighted by atomic mass is 10.1. The number of nitrogens with zero attached hydrogens (tertiary/aromatic N) is 1. The molecule has 0 amide bonds. The fourth-order valence-corrected chi connectivity index (χ4v) is 5.28. The van der Waals surface area contributed by atoms with E-state index in [9.17, 15) is 8.42 Å². The molecular formula is C20H15ClN2O2S2. The molecule has 0 aliphatic rings. The monoisotopic (exact) mass is 414 g/mol. The zero-order valence-corrected chi connectivity index (χ0v) is 16.5. The van der Waals surface area contributed by atoms with E-state index in [0.29, 0.717) is 5.02 Å². The van der Waals surface area contributed by atoms with Gasteiger partial charge in [0.15, 0.2) is 0 Å². The van der Waals surface area contributed by atoms with Crippen LogP contribution in [0.1, 0.15) is 5.56 Å². The van der Waals surface area contributed by atoms with Gasteiger partial charge in [-0.3, -0.25) is 4.98 Å². The molecule has 1 N–H and O–H groups in total. The Labute approximate surface area is 166 Å². The van der Waals surface area contributed by atoms with Gasteiger partial charge in [-0.05, 0) is 47.5 Å². The number of para-hydroxylation sites is 1. The van der Waals surface area contributed by atoms with Crippen LogP contribution >= 0.6 is 22.9 Å². The van der Waals surface area contributed by atoms with Crippen molar-refractivity contribution in [3.05, 3.63) is 83.5 Å². The van der Waals surface area contributed by atoms with Gasteiger partial charge in [0.25, 0.3) is 0 Å². The highest BCUT2D eigenvalue weighted by atomic mass is 35.5. The topological polar surface area (TPSA) is 59.1 Å². The predicted molar refractivity (Wildman–Crippen MR) is 111 cm³/mol. The van der Waals surface area contributed by atoms with Crippen LogP contribution in [0, 0.1) is 0 Å². The van der Waals surface area contributed by atoms with Crippen molar-refractivity contribution in [3.8, 4) is 10.4 Å². The second-order valence-corrected chi connectivity index (χ2v) is 9.45. The van der Waals surface area contributed by atoms with Gasteiger partial charge in [0.05, 0.1) is 5.52 Å². The summed E-state index contributed by atoms with van der Waals surface area (Å²) >= 11 is 7.14. The first-order valence-corrected chi connectivity index (χ1v) is 10.9. The molecule has 0 aliphatic heterocycles. The molecule has 2 aromatic carbocycles. The van der Waals surface area contributed by atoms with E-state index in [1.165, 1.54) is 11.3 Å². The van der Waals surface area contributed by atoms with Crippen molar-refractivity contribution in [2.45, 2.75) is 10.8 Å². The number of hydrogen-bond donors (Lipinski definition) is 1. The van der Waals surface area contributed by atoms with Crippen LogP contribution in [0.5, 0.6) is 0 Å². The number of pyridine rings is 1. The highest BCUT2D eigenvalue weighted by Crippen LogP contribution is 2.31. The van der Waals surface area contributed by atoms with Crippen LogP contribution in [0.3, 0.4) is 0 Å². The average Bonchev–Trinajstić information content (AvgIpc) is 3.18. The van der Waals surface area contributed by atoms with Gasteiger partial charge in [0.2, 0.25) is 10.0 Å². The minimum absolute atomic E-state index is 0.208. The van der Waals surface area contributed by atoms with E-state index >= 15 is 0 Å². The number of hydrogen-bond acceptors (Lipinski definition) is 4. The fraction of sp³-hybridized carbons (Fsp3) is 0.0500. The minimum atomic E-state index is -3.60. The highest BCUT2D eigenvalue weighted by molar-refractivity contribution is 7.91. The fourth-order valence-electron chi connectivity index (χ4n) is 2.79. The van der Waals surface area contributed by atoms with Crippen molar-refractivity contribution in [2.75, 3.05) is 0 Å². The van der Waals surface area contributed by atoms with Gasteiger partial charge in [-0.25, -0.2) is 13.1 Å². The molecule has 27 heavy (non-hydrogen) atoms. The summed E-state index contributed by atoms with van der Waals surface area (Å²) in [5.74, 6) is 0. The quantitative estimate of drug-likeness (QED) is 0.494. The number of thiophene rings is 1. The van der Waals surface area contributed by atoms with Crippen LogP contribution in [-0.4, -0.2) is 13.4 Å². The van der Waals surface area contributed by atoms with Crippen molar-refractivity contribution in [1.29, 1.82) is 0 Å². The lowest BCUT2D eigenvalue weighted by molar-refractivity contribution is 0.583. The molecule has 4 aromatic rings. The second-order valence-electron chi connectivity index (χ2n) is 5.94. The summed E-state index contributed by atoms with van der Waals surface area (Å²) in [7, 11) is -3.60. The maximum Gasteiger partial charge on any atom is 0.250 e. The van der Waals surface area contributed by atoms with Gasteiger partial charge >= 0.3 is 0 Å². The Kier molecular flexibility index (Phi) is 4.97. The second kappa shape index (κ2) is 7.40. The smallest absolute Gasteiger partial charge is 0.250 e. The van der Waals surface area contributed by atoms with E-state index < -0.39 is 10.0 Å². The molecule has 0 fully saturated rings. The van der Waals surface area contributed by atoms with E-state index in [2.05, 4.69) is 9.71 Å². The van der Waals surface area contributed by atoms with Crippen molar-refractivity contribution in [2.24, 2.45) is 0 Å². The Balaban J connectivity index is 1.56. The van der Waals surface area contributed by atoms with Gasteiger partial charge < -0.3 is 0 Å². The largest absolute Gasteiger partial charge is 0.256 e. The number of benzene rings is 2. The molecule has 0 atom stereocenters. The highest BCUT2D eigenvalue weighted by Gasteiger charge is 2.17. The van der Waals surface area contributed by atoms with Crippen LogP contribution in [0.15, 0.2) is 77.1 Å². The molecular weight excluding hydrogens is 400 g/mol. The van der Waals surface area contributed by atoms with Gasteiger partial charge in [-0.2, -0.15) is 0 Å². The lowest BCUT2D eigenvalue weighted by Gasteiger charge is -2.07. The molecule has 136 valence electrons. The molecule has 0 radical (unpaired) electrons. The molecule has 0 aliphatic carbocycles. The Bertz CT molecular complexity index is 1200. The van der Waals surface area contributed by atoms with Crippen LogP contribution < -0.4 is 4.72 Å². The maximum absolute atomic E-state index is 12.7. The molecule has 0 unspecified atom stereocenters. The van der Waals surface area contributed by atoms with E-state index in [4.69, 9.17) is 11.6 Å². The number of rotatable bonds is 5. The molecule has 2 aromatic heterocycles. The number of fused-ring (bicyclic) bond motifs is 1. The maximum atomic E-state index is 12.7. The Morgan fingerprint density at radius 3 is 2.56 bits per heavy atom. The lowest BCUT2D eigenvalue weighted by Crippen LogP contribution is -2.22. The third-order valence-corrected chi connectivity index (χ3v) is 7.45. The van der Waals surface area contributed by atoms with Crippen molar-refractivity contribution >= 4 is 43.9 Å². The van der Waals surface area contributed by atoms with E-state index in [1.807, 2.05) is 48.5 Å². The molecule has 4 rings (SSSR count). The van der Waals surface area contributed by atoms with Crippen LogP contribution in [-0.2, 0) is 16.6 Å². The van der Waals surface area contributed by atoms with Crippen molar-refractivity contribution < 1.29 is 8.42 Å². The number of sulfonamides is 1. The minimum Gasteiger partial charge on any atom is -0.256 e. The molecule has 0 bridgehead atoms. The molecule has 7 heteroatoms. The first kappa shape index (κ1) is 18.1. The molecule has 4 nitrogen and oxygen atoms in total. The van der Waals surface area contributed by atoms with E-state index in [0.717, 1.165) is 26.9 Å². The van der Waals surface area contributed by atoms with E-state index in [-0.39, 0.29) is 10.8 Å². The predicted octanol–water partition coefficient (Wildman–Crippen LogP) is 5.10. The van der Waals surface area contributed by atoms with Crippen LogP contribution in [0.4, 0.5) is 0 Å². The Morgan fingerprint density at radius 1 is 0.963 bits per heavy atom. The summed E-state index contributed by atoms with van der Waals surface area (Å²) in [6.07, 6.45) is 1.69. The summed E-state index contributed by atoms with van der Waals surface area (Å²) in [6, 6.07) is 20.3. The third kappa shape index (κ3) is 3.89. The summed E-state index contributed by atoms with van der Waals surface area (Å²) in [5, 5.41) is 1.59. The number of aromatic nitrogens is 1. The summed E-state index contributed by atoms with van der Waals surface area (Å²) in [5.41, 5.74) is 2.67. The number of nitrogens with one attached hydrogen (secondary N) is 1.